The summed E-state index contributed by atoms with van der Waals surface area (Å²) < 4.78 is 0. The fraction of sp³-hybridized carbons (Fsp3) is 0.273. The van der Waals surface area contributed by atoms with Crippen molar-refractivity contribution in [1.29, 1.82) is 0 Å². The second-order valence-electron chi connectivity index (χ2n) is 3.59. The van der Waals surface area contributed by atoms with Crippen molar-refractivity contribution in [3.8, 4) is 0 Å². The average molecular weight is 221 g/mol. The summed E-state index contributed by atoms with van der Waals surface area (Å²) in [6.45, 7) is 3.62. The molecule has 0 bridgehead atoms. The third kappa shape index (κ3) is 3.27. The Morgan fingerprint density at radius 1 is 1.25 bits per heavy atom. The van der Waals surface area contributed by atoms with E-state index in [2.05, 4.69) is 10.6 Å². The van der Waals surface area contributed by atoms with Gasteiger partial charge in [0.2, 0.25) is 0 Å². The maximum absolute atomic E-state index is 11.4. The fourth-order valence-corrected chi connectivity index (χ4v) is 1.19. The second kappa shape index (κ2) is 5.16. The molecule has 2 amide bonds. The van der Waals surface area contributed by atoms with Gasteiger partial charge in [-0.1, -0.05) is 18.2 Å². The van der Waals surface area contributed by atoms with E-state index < -0.39 is 12.0 Å². The molecule has 0 radical (unpaired) electrons. The van der Waals surface area contributed by atoms with Crippen molar-refractivity contribution >= 4 is 17.7 Å². The minimum Gasteiger partial charge on any atom is -0.545 e. The number of para-hydroxylation sites is 1. The van der Waals surface area contributed by atoms with Crippen molar-refractivity contribution in [3.63, 3.8) is 0 Å². The molecule has 0 aliphatic heterocycles. The van der Waals surface area contributed by atoms with Crippen LogP contribution in [0.5, 0.6) is 0 Å². The number of hydrogen-bond donors (Lipinski definition) is 2. The zero-order chi connectivity index (χ0) is 12.1. The highest BCUT2D eigenvalue weighted by atomic mass is 16.4. The number of nitrogens with one attached hydrogen (secondary N) is 2. The molecule has 0 heterocycles. The molecule has 0 aliphatic rings. The van der Waals surface area contributed by atoms with Crippen LogP contribution in [-0.4, -0.2) is 18.0 Å². The van der Waals surface area contributed by atoms with Gasteiger partial charge >= 0.3 is 6.03 Å². The van der Waals surface area contributed by atoms with Crippen molar-refractivity contribution in [2.24, 2.45) is 0 Å². The van der Waals surface area contributed by atoms with Crippen LogP contribution in [0.1, 0.15) is 24.2 Å². The first-order valence-corrected chi connectivity index (χ1v) is 4.88. The van der Waals surface area contributed by atoms with Crippen LogP contribution in [0.2, 0.25) is 0 Å². The third-order valence-corrected chi connectivity index (χ3v) is 1.81. The number of hydrogen-bond acceptors (Lipinski definition) is 3. The van der Waals surface area contributed by atoms with Gasteiger partial charge in [0.05, 0.1) is 11.7 Å². The van der Waals surface area contributed by atoms with E-state index in [1.54, 1.807) is 12.1 Å². The molecule has 0 atom stereocenters. The predicted molar refractivity (Wildman–Crippen MR) is 58.1 cm³/mol. The van der Waals surface area contributed by atoms with Gasteiger partial charge in [0.15, 0.2) is 0 Å². The van der Waals surface area contributed by atoms with E-state index in [0.717, 1.165) is 0 Å². The quantitative estimate of drug-likeness (QED) is 0.783. The number of urea groups is 1. The fourth-order valence-electron chi connectivity index (χ4n) is 1.19. The number of carbonyl (C=O) groups excluding carboxylic acids is 2. The first-order valence-electron chi connectivity index (χ1n) is 4.88. The number of carboxylic acid groups (broad SMARTS) is 1. The van der Waals surface area contributed by atoms with Gasteiger partial charge in [-0.05, 0) is 19.9 Å². The van der Waals surface area contributed by atoms with Crippen LogP contribution in [0.4, 0.5) is 10.5 Å². The molecule has 0 aliphatic carbocycles. The molecule has 0 aromatic heterocycles. The minimum atomic E-state index is -1.32. The van der Waals surface area contributed by atoms with Crippen molar-refractivity contribution in [2.75, 3.05) is 5.32 Å². The van der Waals surface area contributed by atoms with Crippen LogP contribution in [0, 0.1) is 0 Å². The molecule has 5 heteroatoms. The maximum Gasteiger partial charge on any atom is 0.319 e. The van der Waals surface area contributed by atoms with E-state index in [0.29, 0.717) is 0 Å². The largest absolute Gasteiger partial charge is 0.545 e. The van der Waals surface area contributed by atoms with E-state index >= 15 is 0 Å². The Morgan fingerprint density at radius 2 is 1.88 bits per heavy atom. The molecule has 0 fully saturated rings. The van der Waals surface area contributed by atoms with E-state index in [1.165, 1.54) is 12.1 Å². The molecule has 2 N–H and O–H groups in total. The number of carbonyl (C=O) groups is 2. The molecule has 1 aromatic rings. The van der Waals surface area contributed by atoms with E-state index in [1.807, 2.05) is 13.8 Å². The van der Waals surface area contributed by atoms with Gasteiger partial charge in [-0.2, -0.15) is 0 Å². The minimum absolute atomic E-state index is 0.0184. The molecule has 0 saturated carbocycles. The van der Waals surface area contributed by atoms with Gasteiger partial charge in [-0.15, -0.1) is 0 Å². The summed E-state index contributed by atoms with van der Waals surface area (Å²) >= 11 is 0. The summed E-state index contributed by atoms with van der Waals surface area (Å²) in [7, 11) is 0. The Balaban J connectivity index is 2.81. The molecular weight excluding hydrogens is 208 g/mol. The summed E-state index contributed by atoms with van der Waals surface area (Å²) in [6.07, 6.45) is 0. The van der Waals surface area contributed by atoms with Crippen molar-refractivity contribution in [2.45, 2.75) is 19.9 Å². The standard InChI is InChI=1S/C11H14N2O3/c1-7(2)12-11(16)13-9-6-4-3-5-8(9)10(14)15/h3-7H,1-2H3,(H,14,15)(H2,12,13,16)/p-1. The van der Waals surface area contributed by atoms with E-state index in [-0.39, 0.29) is 17.3 Å². The highest BCUT2D eigenvalue weighted by molar-refractivity contribution is 5.99. The number of amides is 2. The number of rotatable bonds is 3. The lowest BCUT2D eigenvalue weighted by Gasteiger charge is -2.13. The maximum atomic E-state index is 11.4. The summed E-state index contributed by atoms with van der Waals surface area (Å²) in [5.41, 5.74) is 0.182. The summed E-state index contributed by atoms with van der Waals surface area (Å²) in [4.78, 5) is 22.1. The Hall–Kier alpha value is -2.04. The topological polar surface area (TPSA) is 81.3 Å². The highest BCUT2D eigenvalue weighted by Crippen LogP contribution is 2.13. The summed E-state index contributed by atoms with van der Waals surface area (Å²) in [5, 5.41) is 15.8. The summed E-state index contributed by atoms with van der Waals surface area (Å²) in [6, 6.07) is 5.62. The average Bonchev–Trinajstić information content (AvgIpc) is 2.16. The molecule has 0 spiro atoms. The normalized spacial score (nSPS) is 9.94. The number of aromatic carboxylic acids is 1. The van der Waals surface area contributed by atoms with Crippen LogP contribution in [0.15, 0.2) is 24.3 Å². The van der Waals surface area contributed by atoms with Gasteiger partial charge in [0, 0.05) is 11.6 Å². The lowest BCUT2D eigenvalue weighted by Crippen LogP contribution is -2.35. The molecule has 1 rings (SSSR count). The van der Waals surface area contributed by atoms with Crippen LogP contribution >= 0.6 is 0 Å². The Bertz CT molecular complexity index is 402. The number of anilines is 1. The zero-order valence-corrected chi connectivity index (χ0v) is 9.11. The van der Waals surface area contributed by atoms with Crippen LogP contribution in [0.25, 0.3) is 0 Å². The molecule has 1 aromatic carbocycles. The lowest BCUT2D eigenvalue weighted by atomic mass is 10.2. The SMILES string of the molecule is CC(C)NC(=O)Nc1ccccc1C(=O)[O-]. The third-order valence-electron chi connectivity index (χ3n) is 1.81. The molecule has 5 nitrogen and oxygen atoms in total. The van der Waals surface area contributed by atoms with Gasteiger partial charge in [0.1, 0.15) is 0 Å². The lowest BCUT2D eigenvalue weighted by molar-refractivity contribution is -0.254. The first kappa shape index (κ1) is 12.0. The summed E-state index contributed by atoms with van der Waals surface area (Å²) in [5.74, 6) is -1.32. The number of carboxylic acids is 1. The van der Waals surface area contributed by atoms with Gasteiger partial charge < -0.3 is 20.5 Å². The van der Waals surface area contributed by atoms with E-state index in [9.17, 15) is 14.7 Å². The molecule has 16 heavy (non-hydrogen) atoms. The van der Waals surface area contributed by atoms with Crippen molar-refractivity contribution in [1.82, 2.24) is 5.32 Å². The predicted octanol–water partition coefficient (Wildman–Crippen LogP) is 0.580. The first-order chi connectivity index (χ1) is 7.50. The van der Waals surface area contributed by atoms with Gasteiger partial charge in [-0.3, -0.25) is 0 Å². The zero-order valence-electron chi connectivity index (χ0n) is 9.11. The Morgan fingerprint density at radius 3 is 2.44 bits per heavy atom. The van der Waals surface area contributed by atoms with Gasteiger partial charge in [-0.25, -0.2) is 4.79 Å². The van der Waals surface area contributed by atoms with Crippen molar-refractivity contribution < 1.29 is 14.7 Å². The Kier molecular flexibility index (Phi) is 3.88. The van der Waals surface area contributed by atoms with Crippen LogP contribution in [0.3, 0.4) is 0 Å². The molecule has 0 saturated heterocycles. The van der Waals surface area contributed by atoms with Crippen LogP contribution < -0.4 is 15.7 Å². The van der Waals surface area contributed by atoms with Crippen molar-refractivity contribution in [3.05, 3.63) is 29.8 Å². The van der Waals surface area contributed by atoms with Gasteiger partial charge in [0.25, 0.3) is 0 Å². The number of benzene rings is 1. The molecule has 0 unspecified atom stereocenters. The molecular formula is C11H13N2O3-. The smallest absolute Gasteiger partial charge is 0.319 e. The second-order valence-corrected chi connectivity index (χ2v) is 3.59. The monoisotopic (exact) mass is 221 g/mol. The van der Waals surface area contributed by atoms with E-state index in [4.69, 9.17) is 0 Å². The Labute approximate surface area is 93.5 Å². The molecule has 86 valence electrons. The highest BCUT2D eigenvalue weighted by Gasteiger charge is 2.07. The van der Waals surface area contributed by atoms with Crippen LogP contribution in [-0.2, 0) is 0 Å².